The van der Waals surface area contributed by atoms with Crippen LogP contribution in [-0.2, 0) is 14.1 Å². The molecule has 0 atom stereocenters. The summed E-state index contributed by atoms with van der Waals surface area (Å²) >= 11 is 0. The molecule has 0 unspecified atom stereocenters. The fraction of sp³-hybridized carbons (Fsp3) is 0.375. The maximum absolute atomic E-state index is 14.6. The van der Waals surface area contributed by atoms with Crippen molar-refractivity contribution >= 4 is 40.1 Å². The molecule has 0 spiro atoms. The van der Waals surface area contributed by atoms with Crippen molar-refractivity contribution in [3.05, 3.63) is 48.2 Å². The zero-order chi connectivity index (χ0) is 26.9. The van der Waals surface area contributed by atoms with E-state index in [4.69, 9.17) is 0 Å². The molecule has 3 aromatic heterocycles. The van der Waals surface area contributed by atoms with Crippen LogP contribution in [0.15, 0.2) is 36.8 Å². The number of carbonyl (C=O) groups is 1. The Morgan fingerprint density at radius 2 is 1.92 bits per heavy atom. The molecule has 5 rings (SSSR count). The number of hydrogen-bond donors (Lipinski definition) is 3. The van der Waals surface area contributed by atoms with Crippen molar-refractivity contribution in [3.8, 4) is 0 Å². The van der Waals surface area contributed by atoms with Crippen molar-refractivity contribution in [3.63, 3.8) is 0 Å². The van der Waals surface area contributed by atoms with Gasteiger partial charge in [-0.1, -0.05) is 0 Å². The van der Waals surface area contributed by atoms with Gasteiger partial charge < -0.3 is 20.9 Å². The van der Waals surface area contributed by atoms with Crippen LogP contribution in [0.2, 0.25) is 0 Å². The van der Waals surface area contributed by atoms with E-state index in [9.17, 15) is 18.0 Å². The predicted molar refractivity (Wildman–Crippen MR) is 135 cm³/mol. The molecule has 1 amide bonds. The maximum atomic E-state index is 14.6. The van der Waals surface area contributed by atoms with E-state index in [0.29, 0.717) is 35.9 Å². The summed E-state index contributed by atoms with van der Waals surface area (Å²) in [6.45, 7) is 1.33. The summed E-state index contributed by atoms with van der Waals surface area (Å²) in [5.41, 5.74) is 1.55. The summed E-state index contributed by atoms with van der Waals surface area (Å²) in [4.78, 5) is 23.4. The fourth-order valence-electron chi connectivity index (χ4n) is 4.23. The van der Waals surface area contributed by atoms with E-state index in [0.717, 1.165) is 5.69 Å². The topological polar surface area (TPSA) is 118 Å². The summed E-state index contributed by atoms with van der Waals surface area (Å²) in [5.74, 6) is -2.89. The van der Waals surface area contributed by atoms with Crippen molar-refractivity contribution in [2.45, 2.75) is 18.8 Å². The van der Waals surface area contributed by atoms with Gasteiger partial charge in [0.1, 0.15) is 5.82 Å². The zero-order valence-electron chi connectivity index (χ0n) is 20.9. The Hall–Kier alpha value is -4.20. The van der Waals surface area contributed by atoms with Crippen LogP contribution in [0, 0.1) is 5.82 Å². The Bertz CT molecular complexity index is 1460. The van der Waals surface area contributed by atoms with Crippen molar-refractivity contribution < 1.29 is 18.0 Å². The lowest BCUT2D eigenvalue weighted by Gasteiger charge is -2.31. The van der Waals surface area contributed by atoms with E-state index >= 15 is 0 Å². The van der Waals surface area contributed by atoms with E-state index in [1.807, 2.05) is 4.90 Å². The number of alkyl halides is 2. The Kier molecular flexibility index (Phi) is 6.89. The first-order chi connectivity index (χ1) is 18.2. The molecule has 38 heavy (non-hydrogen) atoms. The first-order valence-corrected chi connectivity index (χ1v) is 12.1. The van der Waals surface area contributed by atoms with Crippen LogP contribution in [-0.4, -0.2) is 72.4 Å². The number of nitrogens with zero attached hydrogens (tertiary/aromatic N) is 7. The van der Waals surface area contributed by atoms with Gasteiger partial charge >= 0.3 is 0 Å². The number of nitrogens with one attached hydrogen (secondary N) is 3. The Morgan fingerprint density at radius 3 is 2.66 bits per heavy atom. The number of amides is 1. The molecule has 11 nitrogen and oxygen atoms in total. The lowest BCUT2D eigenvalue weighted by molar-refractivity contribution is -0.0547. The van der Waals surface area contributed by atoms with Crippen molar-refractivity contribution in [2.24, 2.45) is 14.1 Å². The Balaban J connectivity index is 1.25. The van der Waals surface area contributed by atoms with Gasteiger partial charge in [-0.2, -0.15) is 15.2 Å². The van der Waals surface area contributed by atoms with Crippen LogP contribution in [0.3, 0.4) is 0 Å². The van der Waals surface area contributed by atoms with Crippen LogP contribution in [0.4, 0.5) is 36.3 Å². The maximum Gasteiger partial charge on any atom is 0.251 e. The summed E-state index contributed by atoms with van der Waals surface area (Å²) in [6, 6.07) is 3.97. The molecule has 0 saturated carbocycles. The third-order valence-corrected chi connectivity index (χ3v) is 6.32. The zero-order valence-corrected chi connectivity index (χ0v) is 20.9. The monoisotopic (exact) mass is 528 g/mol. The van der Waals surface area contributed by atoms with Gasteiger partial charge in [0.25, 0.3) is 11.8 Å². The van der Waals surface area contributed by atoms with Crippen molar-refractivity contribution in [2.75, 3.05) is 36.8 Å². The van der Waals surface area contributed by atoms with E-state index in [2.05, 4.69) is 36.1 Å². The minimum Gasteiger partial charge on any atom is -0.351 e. The van der Waals surface area contributed by atoms with E-state index in [-0.39, 0.29) is 37.2 Å². The first kappa shape index (κ1) is 25.4. The van der Waals surface area contributed by atoms with Gasteiger partial charge in [0, 0.05) is 71.1 Å². The van der Waals surface area contributed by atoms with Gasteiger partial charge in [0.05, 0.1) is 23.0 Å². The molecular formula is C24H27F3N10O. The quantitative estimate of drug-likeness (QED) is 0.319. The number of likely N-dealkylation sites (tertiary alicyclic amines) is 1. The number of carbonyl (C=O) groups excluding carboxylic acids is 1. The van der Waals surface area contributed by atoms with Gasteiger partial charge in [-0.25, -0.2) is 22.8 Å². The minimum atomic E-state index is -2.61. The third-order valence-electron chi connectivity index (χ3n) is 6.32. The molecule has 14 heteroatoms. The highest BCUT2D eigenvalue weighted by atomic mass is 19.3. The van der Waals surface area contributed by atoms with Crippen LogP contribution in [0.5, 0.6) is 0 Å². The van der Waals surface area contributed by atoms with Crippen LogP contribution in [0.1, 0.15) is 23.2 Å². The molecule has 3 N–H and O–H groups in total. The Morgan fingerprint density at radius 1 is 1.13 bits per heavy atom. The fourth-order valence-corrected chi connectivity index (χ4v) is 4.23. The standard InChI is InChI=1S/C24H27F3N10O/c1-35-14-16(12-30-35)31-23-29-13-17-20(34-36(2)21(17)33-23)32-19-11-15(3-4-18(19)25)22(38)28-7-10-37-8-5-24(26,27)6-9-37/h3-4,11-14H,5-10H2,1-2H3,(H,28,38)(H,32,34)(H,29,31,33). The number of fused-ring (bicyclic) bond motifs is 1. The first-order valence-electron chi connectivity index (χ1n) is 12.1. The third kappa shape index (κ3) is 5.69. The Labute approximate surface area is 216 Å². The van der Waals surface area contributed by atoms with E-state index in [1.165, 1.54) is 18.2 Å². The summed E-state index contributed by atoms with van der Waals surface area (Å²) < 4.78 is 44.5. The van der Waals surface area contributed by atoms with Gasteiger partial charge in [0.2, 0.25) is 5.95 Å². The minimum absolute atomic E-state index is 0.0634. The molecule has 1 fully saturated rings. The van der Waals surface area contributed by atoms with Gasteiger partial charge in [0.15, 0.2) is 11.5 Å². The highest BCUT2D eigenvalue weighted by Crippen LogP contribution is 2.28. The molecule has 0 bridgehead atoms. The largest absolute Gasteiger partial charge is 0.351 e. The number of aromatic nitrogens is 6. The van der Waals surface area contributed by atoms with E-state index < -0.39 is 17.6 Å². The van der Waals surface area contributed by atoms with Crippen LogP contribution < -0.4 is 16.0 Å². The summed E-state index contributed by atoms with van der Waals surface area (Å²) in [6.07, 6.45) is 4.64. The predicted octanol–water partition coefficient (Wildman–Crippen LogP) is 3.18. The number of benzene rings is 1. The van der Waals surface area contributed by atoms with Crippen molar-refractivity contribution in [1.29, 1.82) is 0 Å². The summed E-state index contributed by atoms with van der Waals surface area (Å²) in [7, 11) is 3.51. The number of hydrogen-bond acceptors (Lipinski definition) is 8. The van der Waals surface area contributed by atoms with Gasteiger partial charge in [-0.3, -0.25) is 9.48 Å². The van der Waals surface area contributed by atoms with E-state index in [1.54, 1.807) is 42.0 Å². The normalized spacial score (nSPS) is 15.5. The number of piperidine rings is 1. The number of halogens is 3. The molecule has 1 aliphatic rings. The van der Waals surface area contributed by atoms with Gasteiger partial charge in [-0.05, 0) is 18.2 Å². The average molecular weight is 529 g/mol. The highest BCUT2D eigenvalue weighted by molar-refractivity contribution is 5.96. The molecular weight excluding hydrogens is 501 g/mol. The average Bonchev–Trinajstić information content (AvgIpc) is 3.43. The lowest BCUT2D eigenvalue weighted by Crippen LogP contribution is -2.43. The number of rotatable bonds is 8. The summed E-state index contributed by atoms with van der Waals surface area (Å²) in [5, 5.41) is 17.8. The molecule has 200 valence electrons. The lowest BCUT2D eigenvalue weighted by atomic mass is 10.1. The molecule has 0 aliphatic carbocycles. The van der Waals surface area contributed by atoms with Crippen LogP contribution >= 0.6 is 0 Å². The molecule has 1 aliphatic heterocycles. The SMILES string of the molecule is Cn1cc(Nc2ncc3c(Nc4cc(C(=O)NCCN5CCC(F)(F)CC5)ccc4F)nn(C)c3n2)cn1. The highest BCUT2D eigenvalue weighted by Gasteiger charge is 2.33. The smallest absolute Gasteiger partial charge is 0.251 e. The molecule has 4 heterocycles. The molecule has 0 radical (unpaired) electrons. The molecule has 1 saturated heterocycles. The second kappa shape index (κ2) is 10.3. The van der Waals surface area contributed by atoms with Crippen LogP contribution in [0.25, 0.3) is 11.0 Å². The molecule has 1 aromatic carbocycles. The second-order valence-corrected chi connectivity index (χ2v) is 9.20. The number of aryl methyl sites for hydroxylation is 2. The van der Waals surface area contributed by atoms with Crippen molar-refractivity contribution in [1.82, 2.24) is 39.7 Å². The second-order valence-electron chi connectivity index (χ2n) is 9.20. The molecule has 4 aromatic rings. The number of anilines is 4. The van der Waals surface area contributed by atoms with Gasteiger partial charge in [-0.15, -0.1) is 0 Å².